The number of nitrogens with zero attached hydrogens (tertiary/aromatic N) is 1. The molecule has 1 aromatic heterocycles. The average Bonchev–Trinajstić information content (AvgIpc) is 2.30. The molecular weight excluding hydrogens is 252 g/mol. The van der Waals surface area contributed by atoms with E-state index in [4.69, 9.17) is 0 Å². The first-order valence-electron chi connectivity index (χ1n) is 6.17. The van der Waals surface area contributed by atoms with Crippen LogP contribution < -0.4 is 10.9 Å². The molecule has 1 aliphatic heterocycles. The van der Waals surface area contributed by atoms with Gasteiger partial charge in [-0.1, -0.05) is 0 Å². The molecule has 18 heavy (non-hydrogen) atoms. The number of rotatable bonds is 3. The number of pyridine rings is 1. The Morgan fingerprint density at radius 2 is 2.22 bits per heavy atom. The predicted octanol–water partition coefficient (Wildman–Crippen LogP) is 0.857. The molecule has 1 aliphatic rings. The molecule has 100 valence electrons. The van der Waals surface area contributed by atoms with E-state index in [1.807, 2.05) is 6.92 Å². The Balaban J connectivity index is 2.12. The molecule has 0 saturated carbocycles. The Kier molecular flexibility index (Phi) is 3.75. The first kappa shape index (κ1) is 13.1. The fraction of sp³-hybridized carbons (Fsp3) is 0.583. The maximum Gasteiger partial charge on any atom is 0.250 e. The van der Waals surface area contributed by atoms with E-state index in [2.05, 4.69) is 5.32 Å². The summed E-state index contributed by atoms with van der Waals surface area (Å²) < 4.78 is 24.7. The zero-order valence-electron chi connectivity index (χ0n) is 10.4. The summed E-state index contributed by atoms with van der Waals surface area (Å²) in [4.78, 5) is 11.4. The highest BCUT2D eigenvalue weighted by Crippen LogP contribution is 2.16. The minimum Gasteiger partial charge on any atom is -0.380 e. The summed E-state index contributed by atoms with van der Waals surface area (Å²) in [5.41, 5.74) is 0.762. The molecule has 1 unspecified atom stereocenters. The molecule has 0 aromatic carbocycles. The Morgan fingerprint density at radius 1 is 1.44 bits per heavy atom. The average molecular weight is 270 g/mol. The molecule has 1 N–H and O–H groups in total. The molecule has 0 amide bonds. The molecule has 2 rings (SSSR count). The third-order valence-electron chi connectivity index (χ3n) is 3.16. The van der Waals surface area contributed by atoms with E-state index in [1.54, 1.807) is 16.8 Å². The lowest BCUT2D eigenvalue weighted by Gasteiger charge is -2.24. The number of aromatic nitrogens is 1. The quantitative estimate of drug-likeness (QED) is 0.884. The van der Waals surface area contributed by atoms with Crippen LogP contribution in [-0.2, 0) is 16.4 Å². The van der Waals surface area contributed by atoms with Crippen LogP contribution in [0.25, 0.3) is 0 Å². The van der Waals surface area contributed by atoms with Crippen molar-refractivity contribution in [2.45, 2.75) is 32.4 Å². The van der Waals surface area contributed by atoms with E-state index in [0.717, 1.165) is 12.1 Å². The van der Waals surface area contributed by atoms with Crippen LogP contribution in [-0.4, -0.2) is 30.5 Å². The number of hydrogen-bond donors (Lipinski definition) is 1. The van der Waals surface area contributed by atoms with Gasteiger partial charge in [-0.2, -0.15) is 0 Å². The van der Waals surface area contributed by atoms with E-state index >= 15 is 0 Å². The van der Waals surface area contributed by atoms with Gasteiger partial charge in [-0.05, 0) is 25.8 Å². The van der Waals surface area contributed by atoms with E-state index in [0.29, 0.717) is 18.7 Å². The highest BCUT2D eigenvalue weighted by molar-refractivity contribution is 7.91. The zero-order valence-corrected chi connectivity index (χ0v) is 11.2. The lowest BCUT2D eigenvalue weighted by Crippen LogP contribution is -2.35. The van der Waals surface area contributed by atoms with Crippen molar-refractivity contribution in [3.63, 3.8) is 0 Å². The van der Waals surface area contributed by atoms with Crippen LogP contribution in [0.3, 0.4) is 0 Å². The molecule has 1 saturated heterocycles. The van der Waals surface area contributed by atoms with Gasteiger partial charge in [-0.3, -0.25) is 4.79 Å². The normalized spacial score (nSPS) is 22.6. The van der Waals surface area contributed by atoms with Gasteiger partial charge in [0, 0.05) is 24.8 Å². The van der Waals surface area contributed by atoms with E-state index in [-0.39, 0.29) is 17.4 Å². The van der Waals surface area contributed by atoms with Crippen molar-refractivity contribution < 1.29 is 8.42 Å². The summed E-state index contributed by atoms with van der Waals surface area (Å²) in [6.07, 6.45) is 3.29. The van der Waals surface area contributed by atoms with E-state index in [9.17, 15) is 13.2 Å². The van der Waals surface area contributed by atoms with Gasteiger partial charge in [0.2, 0.25) is 0 Å². The van der Waals surface area contributed by atoms with Gasteiger partial charge < -0.3 is 9.88 Å². The lowest BCUT2D eigenvalue weighted by molar-refractivity contribution is 0.561. The van der Waals surface area contributed by atoms with E-state index < -0.39 is 9.84 Å². The predicted molar refractivity (Wildman–Crippen MR) is 71.7 cm³/mol. The monoisotopic (exact) mass is 270 g/mol. The van der Waals surface area contributed by atoms with Gasteiger partial charge in [0.05, 0.1) is 17.2 Å². The van der Waals surface area contributed by atoms with Crippen LogP contribution in [0.1, 0.15) is 19.8 Å². The number of nitrogens with one attached hydrogen (secondary N) is 1. The maximum absolute atomic E-state index is 11.5. The molecular formula is C12H18N2O3S. The Hall–Kier alpha value is -1.30. The fourth-order valence-corrected chi connectivity index (χ4v) is 3.87. The maximum atomic E-state index is 11.5. The topological polar surface area (TPSA) is 68.2 Å². The first-order valence-corrected chi connectivity index (χ1v) is 8.00. The Labute approximate surface area is 107 Å². The van der Waals surface area contributed by atoms with Crippen LogP contribution in [0.15, 0.2) is 23.1 Å². The molecule has 6 heteroatoms. The molecule has 5 nitrogen and oxygen atoms in total. The number of sulfone groups is 1. The second-order valence-corrected chi connectivity index (χ2v) is 6.87. The number of aryl methyl sites for hydroxylation is 1. The largest absolute Gasteiger partial charge is 0.380 e. The van der Waals surface area contributed by atoms with Crippen LogP contribution in [0, 0.1) is 0 Å². The van der Waals surface area contributed by atoms with Gasteiger partial charge in [0.25, 0.3) is 5.56 Å². The smallest absolute Gasteiger partial charge is 0.250 e. The highest BCUT2D eigenvalue weighted by atomic mass is 32.2. The summed E-state index contributed by atoms with van der Waals surface area (Å²) in [5.74, 6) is 0.470. The van der Waals surface area contributed by atoms with Gasteiger partial charge in [0.15, 0.2) is 9.84 Å². The number of hydrogen-bond acceptors (Lipinski definition) is 4. The minimum atomic E-state index is -2.91. The second-order valence-electron chi connectivity index (χ2n) is 4.64. The second kappa shape index (κ2) is 5.14. The molecule has 1 fully saturated rings. The first-order chi connectivity index (χ1) is 8.50. The van der Waals surface area contributed by atoms with Crippen molar-refractivity contribution in [1.82, 2.24) is 4.57 Å². The number of anilines is 1. The van der Waals surface area contributed by atoms with Gasteiger partial charge in [-0.25, -0.2) is 8.42 Å². The van der Waals surface area contributed by atoms with Crippen molar-refractivity contribution in [1.29, 1.82) is 0 Å². The highest BCUT2D eigenvalue weighted by Gasteiger charge is 2.24. The third kappa shape index (κ3) is 3.13. The zero-order chi connectivity index (χ0) is 13.2. The van der Waals surface area contributed by atoms with Crippen LogP contribution in [0.2, 0.25) is 0 Å². The van der Waals surface area contributed by atoms with Crippen molar-refractivity contribution in [2.75, 3.05) is 16.8 Å². The standard InChI is InChI=1S/C12H18N2O3S/c1-2-14-8-10(5-6-12(14)15)13-11-4-3-7-18(16,17)9-11/h5-6,8,11,13H,2-4,7,9H2,1H3. The Bertz CT molecular complexity index is 577. The van der Waals surface area contributed by atoms with Crippen molar-refractivity contribution in [3.8, 4) is 0 Å². The molecule has 0 spiro atoms. The summed E-state index contributed by atoms with van der Waals surface area (Å²) in [5, 5.41) is 3.20. The van der Waals surface area contributed by atoms with Crippen LogP contribution >= 0.6 is 0 Å². The third-order valence-corrected chi connectivity index (χ3v) is 4.98. The molecule has 1 atom stereocenters. The summed E-state index contributed by atoms with van der Waals surface area (Å²) in [6, 6.07) is 3.16. The SMILES string of the molecule is CCn1cc(NC2CCCS(=O)(=O)C2)ccc1=O. The van der Waals surface area contributed by atoms with Gasteiger partial charge >= 0.3 is 0 Å². The van der Waals surface area contributed by atoms with Gasteiger partial charge in [-0.15, -0.1) is 0 Å². The molecule has 0 aliphatic carbocycles. The van der Waals surface area contributed by atoms with Crippen molar-refractivity contribution in [3.05, 3.63) is 28.7 Å². The lowest BCUT2D eigenvalue weighted by atomic mass is 10.2. The summed E-state index contributed by atoms with van der Waals surface area (Å²) >= 11 is 0. The van der Waals surface area contributed by atoms with Crippen molar-refractivity contribution >= 4 is 15.5 Å². The van der Waals surface area contributed by atoms with Crippen molar-refractivity contribution in [2.24, 2.45) is 0 Å². The molecule has 1 aromatic rings. The van der Waals surface area contributed by atoms with Crippen LogP contribution in [0.5, 0.6) is 0 Å². The molecule has 0 bridgehead atoms. The van der Waals surface area contributed by atoms with Gasteiger partial charge in [0.1, 0.15) is 0 Å². The summed E-state index contributed by atoms with van der Waals surface area (Å²) in [6.45, 7) is 2.51. The molecule has 0 radical (unpaired) electrons. The molecule has 2 heterocycles. The van der Waals surface area contributed by atoms with Crippen LogP contribution in [0.4, 0.5) is 5.69 Å². The minimum absolute atomic E-state index is 0.0423. The summed E-state index contributed by atoms with van der Waals surface area (Å²) in [7, 11) is -2.91. The fourth-order valence-electron chi connectivity index (χ4n) is 2.24. The van der Waals surface area contributed by atoms with E-state index in [1.165, 1.54) is 6.07 Å². The Morgan fingerprint density at radius 3 is 2.89 bits per heavy atom.